The van der Waals surface area contributed by atoms with E-state index in [1.54, 1.807) is 36.5 Å². The number of aromatic nitrogens is 2. The number of nitrogens with zero attached hydrogens (tertiary/aromatic N) is 1. The first kappa shape index (κ1) is 15.9. The highest BCUT2D eigenvalue weighted by atomic mass is 31.2. The van der Waals surface area contributed by atoms with E-state index in [0.717, 1.165) is 0 Å². The molecule has 21 heavy (non-hydrogen) atoms. The topological polar surface area (TPSA) is 147 Å². The number of anilines is 1. The van der Waals surface area contributed by atoms with Gasteiger partial charge in [-0.2, -0.15) is 0 Å². The second-order valence-corrected chi connectivity index (χ2v) is 8.01. The van der Waals surface area contributed by atoms with Gasteiger partial charge in [-0.1, -0.05) is 18.2 Å². The molecule has 0 unspecified atom stereocenters. The van der Waals surface area contributed by atoms with Crippen LogP contribution in [0.5, 0.6) is 0 Å². The van der Waals surface area contributed by atoms with Crippen LogP contribution in [0.25, 0.3) is 5.69 Å². The predicted octanol–water partition coefficient (Wildman–Crippen LogP) is 0.342. The second kappa shape index (κ2) is 5.73. The van der Waals surface area contributed by atoms with Gasteiger partial charge >= 0.3 is 21.1 Å². The Labute approximate surface area is 119 Å². The molecule has 1 aromatic heterocycles. The van der Waals surface area contributed by atoms with E-state index >= 15 is 0 Å². The fourth-order valence-electron chi connectivity index (χ4n) is 1.74. The lowest BCUT2D eigenvalue weighted by atomic mass is 10.3. The lowest BCUT2D eigenvalue weighted by Gasteiger charge is -2.17. The minimum atomic E-state index is -5.06. The van der Waals surface area contributed by atoms with Crippen LogP contribution < -0.4 is 9.88 Å². The normalized spacial score (nSPS) is 12.6. The molecular formula is C10H14N3O6P2+. The van der Waals surface area contributed by atoms with Crippen LogP contribution in [0.3, 0.4) is 0 Å². The van der Waals surface area contributed by atoms with Gasteiger partial charge in [0.1, 0.15) is 11.9 Å². The van der Waals surface area contributed by atoms with E-state index in [4.69, 9.17) is 19.6 Å². The van der Waals surface area contributed by atoms with E-state index in [1.165, 1.54) is 10.8 Å². The molecule has 0 aliphatic heterocycles. The maximum atomic E-state index is 11.3. The van der Waals surface area contributed by atoms with Crippen molar-refractivity contribution >= 4 is 21.1 Å². The van der Waals surface area contributed by atoms with Gasteiger partial charge in [-0.25, -0.2) is 9.55 Å². The van der Waals surface area contributed by atoms with Crippen LogP contribution in [0, 0.1) is 0 Å². The number of aromatic amines is 1. The van der Waals surface area contributed by atoms with Crippen molar-refractivity contribution in [3.63, 3.8) is 0 Å². The highest BCUT2D eigenvalue weighted by Crippen LogP contribution is 2.59. The third-order valence-corrected chi connectivity index (χ3v) is 5.96. The van der Waals surface area contributed by atoms with Crippen LogP contribution in [0.4, 0.5) is 5.95 Å². The van der Waals surface area contributed by atoms with Crippen molar-refractivity contribution in [2.45, 2.75) is 5.52 Å². The third-order valence-electron chi connectivity index (χ3n) is 2.62. The lowest BCUT2D eigenvalue weighted by Crippen LogP contribution is -2.35. The average molecular weight is 334 g/mol. The zero-order valence-corrected chi connectivity index (χ0v) is 12.4. The maximum absolute atomic E-state index is 11.3. The molecule has 6 N–H and O–H groups in total. The molecule has 0 bridgehead atoms. The molecule has 0 amide bonds. The van der Waals surface area contributed by atoms with Gasteiger partial charge in [0.25, 0.3) is 5.52 Å². The Kier molecular flexibility index (Phi) is 4.34. The fraction of sp³-hybridized carbons (Fsp3) is 0.100. The van der Waals surface area contributed by atoms with Crippen LogP contribution in [0.15, 0.2) is 42.7 Å². The summed E-state index contributed by atoms with van der Waals surface area (Å²) in [4.78, 5) is 39.1. The molecule has 0 atom stereocenters. The van der Waals surface area contributed by atoms with Crippen molar-refractivity contribution in [1.82, 2.24) is 4.98 Å². The van der Waals surface area contributed by atoms with Crippen LogP contribution in [-0.2, 0) is 9.13 Å². The summed E-state index contributed by atoms with van der Waals surface area (Å²) in [5.74, 6) is 0.0397. The SMILES string of the molecule is O=P(O)(O)C(Nc1[nH]cc[n+]1-c1ccccc1)P(=O)(O)O. The highest BCUT2D eigenvalue weighted by Gasteiger charge is 2.47. The van der Waals surface area contributed by atoms with Crippen molar-refractivity contribution in [3.8, 4) is 5.69 Å². The maximum Gasteiger partial charge on any atom is 0.374 e. The Hall–Kier alpha value is -1.47. The fourth-order valence-corrected chi connectivity index (χ4v) is 3.88. The van der Waals surface area contributed by atoms with E-state index in [2.05, 4.69) is 10.3 Å². The van der Waals surface area contributed by atoms with Crippen molar-refractivity contribution in [2.75, 3.05) is 5.32 Å². The Bertz CT molecular complexity index is 685. The van der Waals surface area contributed by atoms with E-state index in [9.17, 15) is 9.13 Å². The molecule has 0 saturated carbocycles. The van der Waals surface area contributed by atoms with E-state index in [0.29, 0.717) is 5.69 Å². The summed E-state index contributed by atoms with van der Waals surface area (Å²) in [6.45, 7) is 0. The monoisotopic (exact) mass is 334 g/mol. The summed E-state index contributed by atoms with van der Waals surface area (Å²) in [6, 6.07) is 8.75. The number of rotatable bonds is 5. The largest absolute Gasteiger partial charge is 0.374 e. The lowest BCUT2D eigenvalue weighted by molar-refractivity contribution is -0.578. The Morgan fingerprint density at radius 1 is 1.05 bits per heavy atom. The summed E-state index contributed by atoms with van der Waals surface area (Å²) in [6.07, 6.45) is 3.01. The summed E-state index contributed by atoms with van der Waals surface area (Å²) in [5.41, 5.74) is -1.67. The third kappa shape index (κ3) is 3.79. The molecule has 11 heteroatoms. The number of benzene rings is 1. The van der Waals surface area contributed by atoms with E-state index in [1.807, 2.05) is 0 Å². The van der Waals surface area contributed by atoms with Gasteiger partial charge in [-0.3, -0.25) is 14.4 Å². The van der Waals surface area contributed by atoms with Gasteiger partial charge in [-0.05, 0) is 12.1 Å². The second-order valence-electron chi connectivity index (χ2n) is 4.21. The molecule has 0 fully saturated rings. The Morgan fingerprint density at radius 2 is 1.62 bits per heavy atom. The van der Waals surface area contributed by atoms with E-state index < -0.39 is 20.7 Å². The zero-order valence-electron chi connectivity index (χ0n) is 10.6. The van der Waals surface area contributed by atoms with Crippen molar-refractivity contribution in [3.05, 3.63) is 42.7 Å². The van der Waals surface area contributed by atoms with Crippen LogP contribution in [0.1, 0.15) is 0 Å². The van der Waals surface area contributed by atoms with Crippen molar-refractivity contribution in [1.29, 1.82) is 0 Å². The van der Waals surface area contributed by atoms with Gasteiger partial charge in [0, 0.05) is 0 Å². The summed E-state index contributed by atoms with van der Waals surface area (Å²) in [7, 11) is -10.1. The molecule has 0 spiro atoms. The minimum Gasteiger partial charge on any atom is -0.322 e. The van der Waals surface area contributed by atoms with E-state index in [-0.39, 0.29) is 5.95 Å². The molecule has 9 nitrogen and oxygen atoms in total. The summed E-state index contributed by atoms with van der Waals surface area (Å²) < 4.78 is 24.0. The molecular weight excluding hydrogens is 320 g/mol. The van der Waals surface area contributed by atoms with Gasteiger partial charge in [0.15, 0.2) is 0 Å². The van der Waals surface area contributed by atoms with Crippen LogP contribution >= 0.6 is 15.2 Å². The molecule has 0 radical (unpaired) electrons. The van der Waals surface area contributed by atoms with Gasteiger partial charge in [0.2, 0.25) is 0 Å². The number of H-pyrrole nitrogens is 1. The summed E-state index contributed by atoms with van der Waals surface area (Å²) in [5, 5.41) is 2.19. The van der Waals surface area contributed by atoms with Crippen LogP contribution in [-0.4, -0.2) is 30.1 Å². The number of hydrogen-bond donors (Lipinski definition) is 6. The molecule has 1 heterocycles. The Balaban J connectivity index is 2.39. The first-order valence-corrected chi connectivity index (χ1v) is 9.07. The standard InChI is InChI=1S/C10H13N3O6P2/c14-20(15,16)10(21(17,18)19)12-9-11-6-7-13(9)8-4-2-1-3-5-8/h1-7,10H,(H5,11,12,14,15,16,17,18,19)/p+1. The van der Waals surface area contributed by atoms with Gasteiger partial charge in [0.05, 0.1) is 6.20 Å². The minimum absolute atomic E-state index is 0.0397. The molecule has 0 saturated heterocycles. The first-order chi connectivity index (χ1) is 9.69. The number of nitrogens with one attached hydrogen (secondary N) is 2. The van der Waals surface area contributed by atoms with Crippen molar-refractivity contribution in [2.24, 2.45) is 0 Å². The number of imidazole rings is 1. The zero-order chi connectivity index (χ0) is 15.7. The highest BCUT2D eigenvalue weighted by molar-refractivity contribution is 7.71. The summed E-state index contributed by atoms with van der Waals surface area (Å²) >= 11 is 0. The van der Waals surface area contributed by atoms with Gasteiger partial charge < -0.3 is 19.6 Å². The number of para-hydroxylation sites is 1. The van der Waals surface area contributed by atoms with Crippen molar-refractivity contribution < 1.29 is 33.3 Å². The quantitative estimate of drug-likeness (QED) is 0.341. The predicted molar refractivity (Wildman–Crippen MR) is 73.8 cm³/mol. The molecule has 1 aromatic carbocycles. The Morgan fingerprint density at radius 3 is 2.14 bits per heavy atom. The first-order valence-electron chi connectivity index (χ1n) is 5.71. The number of hydrogen-bond acceptors (Lipinski definition) is 3. The molecule has 114 valence electrons. The van der Waals surface area contributed by atoms with Gasteiger partial charge in [-0.15, -0.1) is 0 Å². The van der Waals surface area contributed by atoms with Crippen LogP contribution in [0.2, 0.25) is 0 Å². The molecule has 0 aliphatic carbocycles. The molecule has 0 aliphatic rings. The smallest absolute Gasteiger partial charge is 0.322 e. The average Bonchev–Trinajstić information content (AvgIpc) is 2.82. The molecule has 2 aromatic rings. The molecule has 2 rings (SSSR count).